The van der Waals surface area contributed by atoms with Gasteiger partial charge in [0.1, 0.15) is 5.82 Å². The van der Waals surface area contributed by atoms with Crippen molar-refractivity contribution >= 4 is 39.1 Å². The van der Waals surface area contributed by atoms with Gasteiger partial charge in [-0.3, -0.25) is 4.79 Å². The second kappa shape index (κ2) is 6.37. The van der Waals surface area contributed by atoms with Crippen LogP contribution in [0.15, 0.2) is 47.5 Å². The maximum atomic E-state index is 13.4. The van der Waals surface area contributed by atoms with Crippen molar-refractivity contribution in [2.45, 2.75) is 6.54 Å². The molecule has 3 rings (SSSR count). The maximum absolute atomic E-state index is 13.4. The summed E-state index contributed by atoms with van der Waals surface area (Å²) in [6.45, 7) is 0.236. The molecule has 2 aromatic carbocycles. The number of aromatic nitrogens is 1. The maximum Gasteiger partial charge on any atom is 0.281 e. The Morgan fingerprint density at radius 1 is 1.35 bits per heavy atom. The van der Waals surface area contributed by atoms with E-state index < -0.39 is 5.91 Å². The fraction of sp³-hybridized carbons (Fsp3) is 0.0588. The van der Waals surface area contributed by atoms with E-state index in [0.29, 0.717) is 20.1 Å². The van der Waals surface area contributed by atoms with Crippen LogP contribution in [-0.4, -0.2) is 10.5 Å². The van der Waals surface area contributed by atoms with E-state index in [1.54, 1.807) is 34.9 Å². The molecule has 3 nitrogen and oxygen atoms in total. The SMILES string of the molecule is C#CCn1c(=NC(=O)c2ccccc2Cl)sc2cc(F)ccc21. The van der Waals surface area contributed by atoms with Crippen molar-refractivity contribution < 1.29 is 9.18 Å². The molecular formula is C17H10ClFN2OS. The van der Waals surface area contributed by atoms with Gasteiger partial charge in [-0.1, -0.05) is 41.0 Å². The molecule has 0 aliphatic carbocycles. The third-order valence-corrected chi connectivity index (χ3v) is 4.57. The van der Waals surface area contributed by atoms with Crippen LogP contribution in [0.5, 0.6) is 0 Å². The van der Waals surface area contributed by atoms with Crippen LogP contribution in [0.2, 0.25) is 5.02 Å². The van der Waals surface area contributed by atoms with E-state index in [2.05, 4.69) is 10.9 Å². The molecular weight excluding hydrogens is 335 g/mol. The predicted octanol–water partition coefficient (Wildman–Crippen LogP) is 3.87. The van der Waals surface area contributed by atoms with E-state index in [-0.39, 0.29) is 12.4 Å². The summed E-state index contributed by atoms with van der Waals surface area (Å²) in [5, 5.41) is 0.330. The Hall–Kier alpha value is -2.42. The zero-order valence-corrected chi connectivity index (χ0v) is 13.4. The van der Waals surface area contributed by atoms with Gasteiger partial charge in [0.15, 0.2) is 4.80 Å². The van der Waals surface area contributed by atoms with Gasteiger partial charge in [0, 0.05) is 0 Å². The van der Waals surface area contributed by atoms with Gasteiger partial charge >= 0.3 is 0 Å². The number of halogens is 2. The predicted molar refractivity (Wildman–Crippen MR) is 90.0 cm³/mol. The zero-order valence-electron chi connectivity index (χ0n) is 11.8. The molecule has 0 bridgehead atoms. The molecule has 0 aliphatic heterocycles. The number of fused-ring (bicyclic) bond motifs is 1. The van der Waals surface area contributed by atoms with Gasteiger partial charge in [0.2, 0.25) is 0 Å². The highest BCUT2D eigenvalue weighted by Crippen LogP contribution is 2.19. The van der Waals surface area contributed by atoms with Gasteiger partial charge in [-0.15, -0.1) is 6.42 Å². The molecule has 1 amide bonds. The number of hydrogen-bond donors (Lipinski definition) is 0. The first-order valence-electron chi connectivity index (χ1n) is 6.66. The summed E-state index contributed by atoms with van der Waals surface area (Å²) in [6.07, 6.45) is 5.39. The molecule has 0 unspecified atom stereocenters. The molecule has 3 aromatic rings. The summed E-state index contributed by atoms with van der Waals surface area (Å²) in [7, 11) is 0. The first-order valence-corrected chi connectivity index (χ1v) is 7.85. The Morgan fingerprint density at radius 3 is 2.87 bits per heavy atom. The lowest BCUT2D eigenvalue weighted by Gasteiger charge is -2.00. The van der Waals surface area contributed by atoms with E-state index in [1.807, 2.05) is 0 Å². The second-order valence-electron chi connectivity index (χ2n) is 4.68. The monoisotopic (exact) mass is 344 g/mol. The zero-order chi connectivity index (χ0) is 16.4. The number of nitrogens with zero attached hydrogens (tertiary/aromatic N) is 2. The average Bonchev–Trinajstić information content (AvgIpc) is 2.84. The summed E-state index contributed by atoms with van der Waals surface area (Å²) in [5.41, 5.74) is 1.05. The second-order valence-corrected chi connectivity index (χ2v) is 6.10. The molecule has 0 fully saturated rings. The first kappa shape index (κ1) is 15.5. The number of hydrogen-bond acceptors (Lipinski definition) is 2. The van der Waals surface area contributed by atoms with Gasteiger partial charge in [-0.05, 0) is 30.3 Å². The highest BCUT2D eigenvalue weighted by Gasteiger charge is 2.11. The molecule has 1 aromatic heterocycles. The van der Waals surface area contributed by atoms with Gasteiger partial charge in [0.05, 0.1) is 27.3 Å². The van der Waals surface area contributed by atoms with Gasteiger partial charge < -0.3 is 4.57 Å². The molecule has 0 aliphatic rings. The quantitative estimate of drug-likeness (QED) is 0.650. The van der Waals surface area contributed by atoms with Crippen LogP contribution < -0.4 is 4.80 Å². The molecule has 0 atom stereocenters. The number of thiazole rings is 1. The fourth-order valence-electron chi connectivity index (χ4n) is 2.16. The van der Waals surface area contributed by atoms with Crippen molar-refractivity contribution in [3.8, 4) is 12.3 Å². The lowest BCUT2D eigenvalue weighted by molar-refractivity contribution is 0.0998. The molecule has 23 heavy (non-hydrogen) atoms. The molecule has 0 spiro atoms. The van der Waals surface area contributed by atoms with Crippen LogP contribution in [0, 0.1) is 18.2 Å². The topological polar surface area (TPSA) is 34.4 Å². The highest BCUT2D eigenvalue weighted by molar-refractivity contribution is 7.16. The molecule has 0 saturated carbocycles. The van der Waals surface area contributed by atoms with E-state index in [1.165, 1.54) is 23.5 Å². The number of amides is 1. The lowest BCUT2D eigenvalue weighted by atomic mass is 10.2. The minimum absolute atomic E-state index is 0.236. The normalized spacial score (nSPS) is 11.6. The molecule has 0 saturated heterocycles. The van der Waals surface area contributed by atoms with Crippen LogP contribution in [0.25, 0.3) is 10.2 Å². The van der Waals surface area contributed by atoms with E-state index in [4.69, 9.17) is 18.0 Å². The molecule has 1 heterocycles. The number of carbonyl (C=O) groups excluding carboxylic acids is 1. The van der Waals surface area contributed by atoms with Crippen LogP contribution in [0.3, 0.4) is 0 Å². The third kappa shape index (κ3) is 3.04. The van der Waals surface area contributed by atoms with Crippen molar-refractivity contribution in [3.05, 3.63) is 63.7 Å². The number of terminal acetylenes is 1. The number of benzene rings is 2. The Morgan fingerprint density at radius 2 is 2.13 bits per heavy atom. The summed E-state index contributed by atoms with van der Waals surface area (Å²) in [6, 6.07) is 11.0. The third-order valence-electron chi connectivity index (χ3n) is 3.20. The fourth-order valence-corrected chi connectivity index (χ4v) is 3.43. The minimum Gasteiger partial charge on any atom is -0.305 e. The van der Waals surface area contributed by atoms with Gasteiger partial charge in [0.25, 0.3) is 5.91 Å². The van der Waals surface area contributed by atoms with Crippen LogP contribution in [0.1, 0.15) is 10.4 Å². The van der Waals surface area contributed by atoms with Crippen LogP contribution in [0.4, 0.5) is 4.39 Å². The van der Waals surface area contributed by atoms with Crippen molar-refractivity contribution in [1.82, 2.24) is 4.57 Å². The van der Waals surface area contributed by atoms with E-state index in [9.17, 15) is 9.18 Å². The molecule has 114 valence electrons. The van der Waals surface area contributed by atoms with Gasteiger partial charge in [-0.25, -0.2) is 4.39 Å². The van der Waals surface area contributed by atoms with Crippen molar-refractivity contribution in [3.63, 3.8) is 0 Å². The lowest BCUT2D eigenvalue weighted by Crippen LogP contribution is -2.16. The van der Waals surface area contributed by atoms with Crippen molar-refractivity contribution in [1.29, 1.82) is 0 Å². The highest BCUT2D eigenvalue weighted by atomic mass is 35.5. The summed E-state index contributed by atoms with van der Waals surface area (Å²) >= 11 is 7.22. The summed E-state index contributed by atoms with van der Waals surface area (Å²) in [4.78, 5) is 16.9. The first-order chi connectivity index (χ1) is 11.1. The molecule has 0 radical (unpaired) electrons. The Bertz CT molecular complexity index is 1010. The number of rotatable bonds is 2. The summed E-state index contributed by atoms with van der Waals surface area (Å²) < 4.78 is 15.8. The molecule has 0 N–H and O–H groups in total. The summed E-state index contributed by atoms with van der Waals surface area (Å²) in [5.74, 6) is 1.70. The standard InChI is InChI=1S/C17H10ClFN2OS/c1-2-9-21-14-8-7-11(19)10-15(14)23-17(21)20-16(22)12-5-3-4-6-13(12)18/h1,3-8,10H,9H2. The average molecular weight is 345 g/mol. The van der Waals surface area contributed by atoms with Crippen LogP contribution in [-0.2, 0) is 6.54 Å². The largest absolute Gasteiger partial charge is 0.305 e. The van der Waals surface area contributed by atoms with Gasteiger partial charge in [-0.2, -0.15) is 4.99 Å². The number of carbonyl (C=O) groups is 1. The van der Waals surface area contributed by atoms with Crippen molar-refractivity contribution in [2.75, 3.05) is 0 Å². The Kier molecular flexibility index (Phi) is 4.28. The minimum atomic E-state index is -0.464. The Balaban J connectivity index is 2.19. The Labute approximate surface area is 140 Å². The van der Waals surface area contributed by atoms with E-state index >= 15 is 0 Å². The smallest absolute Gasteiger partial charge is 0.281 e. The van der Waals surface area contributed by atoms with E-state index in [0.717, 1.165) is 5.52 Å². The van der Waals surface area contributed by atoms with Crippen LogP contribution >= 0.6 is 22.9 Å². The molecule has 6 heteroatoms. The van der Waals surface area contributed by atoms with Crippen molar-refractivity contribution in [2.24, 2.45) is 4.99 Å².